The molecule has 1 aliphatic heterocycles. The number of amides is 1. The molecule has 0 aromatic heterocycles. The maximum Gasteiger partial charge on any atom is 0.335 e. The van der Waals surface area contributed by atoms with Crippen molar-refractivity contribution in [1.82, 2.24) is 4.90 Å². The standard InChI is InChI=1S/C30H23BrN2O4S/c1-2-33-28(34)27(38-30(33)32-24-12-10-22(11-13-24)29(35)36)17-19-8-14-26(25(31)16-19)37-18-20-7-9-21-5-3-4-6-23(21)15-20/h3-17H,2,18H2,1H3,(H,35,36). The van der Waals surface area contributed by atoms with Crippen LogP contribution in [-0.4, -0.2) is 33.6 Å². The Bertz CT molecular complexity index is 1600. The van der Waals surface area contributed by atoms with Gasteiger partial charge >= 0.3 is 5.97 Å². The second kappa shape index (κ2) is 11.2. The summed E-state index contributed by atoms with van der Waals surface area (Å²) in [6, 6.07) is 26.5. The largest absolute Gasteiger partial charge is 0.488 e. The van der Waals surface area contributed by atoms with Gasteiger partial charge in [0.2, 0.25) is 0 Å². The summed E-state index contributed by atoms with van der Waals surface area (Å²) in [4.78, 5) is 30.9. The van der Waals surface area contributed by atoms with Crippen LogP contribution in [0.3, 0.4) is 0 Å². The van der Waals surface area contributed by atoms with Crippen LogP contribution in [0, 0.1) is 0 Å². The highest BCUT2D eigenvalue weighted by Crippen LogP contribution is 2.35. The van der Waals surface area contributed by atoms with Gasteiger partial charge in [-0.2, -0.15) is 0 Å². The fraction of sp³-hybridized carbons (Fsp3) is 0.100. The van der Waals surface area contributed by atoms with Crippen LogP contribution in [0.4, 0.5) is 5.69 Å². The zero-order chi connectivity index (χ0) is 26.6. The molecule has 1 saturated heterocycles. The first-order valence-corrected chi connectivity index (χ1v) is 13.6. The van der Waals surface area contributed by atoms with E-state index in [1.165, 1.54) is 34.7 Å². The van der Waals surface area contributed by atoms with Crippen LogP contribution < -0.4 is 4.74 Å². The number of carbonyl (C=O) groups excluding carboxylic acids is 1. The molecule has 1 N–H and O–H groups in total. The predicted molar refractivity (Wildman–Crippen MR) is 156 cm³/mol. The van der Waals surface area contributed by atoms with Gasteiger partial charge in [-0.15, -0.1) is 0 Å². The number of hydrogen-bond donors (Lipinski definition) is 1. The summed E-state index contributed by atoms with van der Waals surface area (Å²) in [7, 11) is 0. The summed E-state index contributed by atoms with van der Waals surface area (Å²) in [6.45, 7) is 2.81. The Balaban J connectivity index is 1.31. The summed E-state index contributed by atoms with van der Waals surface area (Å²) in [5, 5.41) is 12.0. The maximum atomic E-state index is 13.0. The molecule has 38 heavy (non-hydrogen) atoms. The number of thioether (sulfide) groups is 1. The average molecular weight is 587 g/mol. The SMILES string of the molecule is CCN1C(=O)C(=Cc2ccc(OCc3ccc4ccccc4c3)c(Br)c2)SC1=Nc1ccc(C(=O)O)cc1. The highest BCUT2D eigenvalue weighted by Gasteiger charge is 2.32. The lowest BCUT2D eigenvalue weighted by Gasteiger charge is -2.12. The van der Waals surface area contributed by atoms with Crippen LogP contribution >= 0.6 is 27.7 Å². The highest BCUT2D eigenvalue weighted by molar-refractivity contribution is 9.10. The fourth-order valence-corrected chi connectivity index (χ4v) is 5.60. The number of carboxylic acid groups (broad SMARTS) is 1. The molecule has 1 amide bonds. The van der Waals surface area contributed by atoms with E-state index in [0.717, 1.165) is 15.6 Å². The normalized spacial score (nSPS) is 15.5. The van der Waals surface area contributed by atoms with Gasteiger partial charge in [-0.1, -0.05) is 42.5 Å². The minimum absolute atomic E-state index is 0.119. The number of halogens is 1. The van der Waals surface area contributed by atoms with Gasteiger partial charge in [-0.25, -0.2) is 9.79 Å². The lowest BCUT2D eigenvalue weighted by atomic mass is 10.1. The molecule has 0 bridgehead atoms. The zero-order valence-electron chi connectivity index (χ0n) is 20.4. The van der Waals surface area contributed by atoms with Gasteiger partial charge in [-0.05, 0) is 105 Å². The van der Waals surface area contributed by atoms with Crippen molar-refractivity contribution in [3.05, 3.63) is 111 Å². The Morgan fingerprint density at radius 2 is 1.79 bits per heavy atom. The van der Waals surface area contributed by atoms with E-state index in [2.05, 4.69) is 51.3 Å². The van der Waals surface area contributed by atoms with Gasteiger partial charge in [0.05, 0.1) is 20.6 Å². The van der Waals surface area contributed by atoms with Gasteiger partial charge in [-0.3, -0.25) is 9.69 Å². The number of ether oxygens (including phenoxy) is 1. The maximum absolute atomic E-state index is 13.0. The third-order valence-electron chi connectivity index (χ3n) is 6.01. The lowest BCUT2D eigenvalue weighted by molar-refractivity contribution is -0.122. The molecule has 4 aromatic carbocycles. The second-order valence-corrected chi connectivity index (χ2v) is 10.4. The van der Waals surface area contributed by atoms with Crippen molar-refractivity contribution in [3.8, 4) is 5.75 Å². The molecule has 1 heterocycles. The van der Waals surface area contributed by atoms with Gasteiger partial charge in [0.1, 0.15) is 12.4 Å². The number of rotatable bonds is 7. The number of fused-ring (bicyclic) bond motifs is 1. The van der Waals surface area contributed by atoms with Crippen molar-refractivity contribution >= 4 is 67.3 Å². The third kappa shape index (κ3) is 5.66. The first-order valence-electron chi connectivity index (χ1n) is 11.9. The third-order valence-corrected chi connectivity index (χ3v) is 7.63. The number of aliphatic imine (C=N–C) groups is 1. The molecule has 0 unspecified atom stereocenters. The van der Waals surface area contributed by atoms with Crippen LogP contribution in [0.1, 0.15) is 28.4 Å². The number of likely N-dealkylation sites (N-methyl/N-ethyl adjacent to an activating group) is 1. The summed E-state index contributed by atoms with van der Waals surface area (Å²) in [5.41, 5.74) is 2.71. The quantitative estimate of drug-likeness (QED) is 0.227. The van der Waals surface area contributed by atoms with E-state index in [1.54, 1.807) is 17.0 Å². The van der Waals surface area contributed by atoms with Crippen molar-refractivity contribution in [2.45, 2.75) is 13.5 Å². The second-order valence-electron chi connectivity index (χ2n) is 8.57. The van der Waals surface area contributed by atoms with Gasteiger partial charge in [0.25, 0.3) is 5.91 Å². The highest BCUT2D eigenvalue weighted by atomic mass is 79.9. The van der Waals surface area contributed by atoms with Crippen molar-refractivity contribution in [3.63, 3.8) is 0 Å². The summed E-state index contributed by atoms with van der Waals surface area (Å²) in [5.74, 6) is -0.398. The topological polar surface area (TPSA) is 79.2 Å². The average Bonchev–Trinajstić information content (AvgIpc) is 3.21. The van der Waals surface area contributed by atoms with E-state index in [1.807, 2.05) is 43.3 Å². The first-order chi connectivity index (χ1) is 18.4. The zero-order valence-corrected chi connectivity index (χ0v) is 22.8. The van der Waals surface area contributed by atoms with Crippen molar-refractivity contribution in [1.29, 1.82) is 0 Å². The molecule has 190 valence electrons. The summed E-state index contributed by atoms with van der Waals surface area (Å²) < 4.78 is 6.85. The first kappa shape index (κ1) is 25.8. The molecule has 0 atom stereocenters. The molecular weight excluding hydrogens is 564 g/mol. The molecule has 8 heteroatoms. The van der Waals surface area contributed by atoms with Crippen LogP contribution in [0.2, 0.25) is 0 Å². The monoisotopic (exact) mass is 586 g/mol. The van der Waals surface area contributed by atoms with Crippen LogP contribution in [0.15, 0.2) is 99.3 Å². The van der Waals surface area contributed by atoms with E-state index in [4.69, 9.17) is 9.84 Å². The Morgan fingerprint density at radius 3 is 2.50 bits per heavy atom. The lowest BCUT2D eigenvalue weighted by Crippen LogP contribution is -2.28. The number of benzene rings is 4. The number of carboxylic acids is 1. The molecule has 0 saturated carbocycles. The van der Waals surface area contributed by atoms with Gasteiger partial charge in [0.15, 0.2) is 5.17 Å². The number of nitrogens with zero attached hydrogens (tertiary/aromatic N) is 2. The van der Waals surface area contributed by atoms with Gasteiger partial charge < -0.3 is 9.84 Å². The summed E-state index contributed by atoms with van der Waals surface area (Å²) >= 11 is 4.90. The van der Waals surface area contributed by atoms with E-state index in [0.29, 0.717) is 34.7 Å². The van der Waals surface area contributed by atoms with Crippen LogP contribution in [0.25, 0.3) is 16.8 Å². The molecule has 4 aromatic rings. The Labute approximate surface area is 232 Å². The molecule has 0 radical (unpaired) electrons. The van der Waals surface area contributed by atoms with E-state index in [9.17, 15) is 9.59 Å². The molecule has 1 fully saturated rings. The van der Waals surface area contributed by atoms with E-state index >= 15 is 0 Å². The fourth-order valence-electron chi connectivity index (χ4n) is 4.02. The molecular formula is C30H23BrN2O4S. The van der Waals surface area contributed by atoms with Gasteiger partial charge in [0, 0.05) is 6.54 Å². The number of amidine groups is 1. The Morgan fingerprint density at radius 1 is 1.03 bits per heavy atom. The Kier molecular flexibility index (Phi) is 7.62. The van der Waals surface area contributed by atoms with E-state index in [-0.39, 0.29) is 11.5 Å². The smallest absolute Gasteiger partial charge is 0.335 e. The minimum atomic E-state index is -0.994. The Hall–Kier alpha value is -3.88. The van der Waals surface area contributed by atoms with Crippen molar-refractivity contribution < 1.29 is 19.4 Å². The molecule has 0 aliphatic carbocycles. The number of aromatic carboxylic acids is 1. The summed E-state index contributed by atoms with van der Waals surface area (Å²) in [6.07, 6.45) is 1.84. The number of carbonyl (C=O) groups is 2. The molecule has 5 rings (SSSR count). The molecule has 6 nitrogen and oxygen atoms in total. The van der Waals surface area contributed by atoms with Crippen LogP contribution in [0.5, 0.6) is 5.75 Å². The van der Waals surface area contributed by atoms with Crippen molar-refractivity contribution in [2.75, 3.05) is 6.54 Å². The predicted octanol–water partition coefficient (Wildman–Crippen LogP) is 7.50. The van der Waals surface area contributed by atoms with E-state index < -0.39 is 5.97 Å². The van der Waals surface area contributed by atoms with Crippen LogP contribution in [-0.2, 0) is 11.4 Å². The van der Waals surface area contributed by atoms with Crippen molar-refractivity contribution in [2.24, 2.45) is 4.99 Å². The molecule has 1 aliphatic rings. The number of hydrogen-bond acceptors (Lipinski definition) is 5. The minimum Gasteiger partial charge on any atom is -0.488 e. The molecule has 0 spiro atoms.